The molecule has 1 aliphatic carbocycles. The normalized spacial score (nSPS) is 29.8. The number of rotatable bonds is 5. The van der Waals surface area contributed by atoms with Crippen molar-refractivity contribution in [1.82, 2.24) is 5.32 Å². The Morgan fingerprint density at radius 3 is 2.60 bits per heavy atom. The molecule has 88 valence electrons. The standard InChI is InChI=1S/C13H25NO/c1-2-9-14-13(11-6-5-7-11)12-8-3-4-10-15-12/h11-14H,2-10H2,1H3. The molecule has 2 heteroatoms. The molecule has 1 N–H and O–H groups in total. The SMILES string of the molecule is CCCNC(C1CCC1)C1CCCCO1. The second-order valence-corrected chi connectivity index (χ2v) is 5.08. The van der Waals surface area contributed by atoms with Crippen LogP contribution in [-0.2, 0) is 4.74 Å². The molecule has 1 aliphatic heterocycles. The van der Waals surface area contributed by atoms with Crippen molar-refractivity contribution in [2.75, 3.05) is 13.2 Å². The fraction of sp³-hybridized carbons (Fsp3) is 1.00. The van der Waals surface area contributed by atoms with Gasteiger partial charge in [-0.15, -0.1) is 0 Å². The van der Waals surface area contributed by atoms with E-state index in [0.717, 1.165) is 19.1 Å². The molecule has 0 aromatic rings. The summed E-state index contributed by atoms with van der Waals surface area (Å²) in [7, 11) is 0. The van der Waals surface area contributed by atoms with Crippen LogP contribution >= 0.6 is 0 Å². The van der Waals surface area contributed by atoms with Crippen LogP contribution in [0.15, 0.2) is 0 Å². The van der Waals surface area contributed by atoms with Gasteiger partial charge in [0, 0.05) is 12.6 Å². The van der Waals surface area contributed by atoms with Crippen LogP contribution in [0.5, 0.6) is 0 Å². The Morgan fingerprint density at radius 1 is 1.20 bits per heavy atom. The quantitative estimate of drug-likeness (QED) is 0.755. The van der Waals surface area contributed by atoms with Crippen molar-refractivity contribution in [3.05, 3.63) is 0 Å². The molecular formula is C13H25NO. The Hall–Kier alpha value is -0.0800. The van der Waals surface area contributed by atoms with E-state index >= 15 is 0 Å². The van der Waals surface area contributed by atoms with Crippen LogP contribution in [0.3, 0.4) is 0 Å². The van der Waals surface area contributed by atoms with Gasteiger partial charge in [0.1, 0.15) is 0 Å². The molecule has 0 bridgehead atoms. The molecular weight excluding hydrogens is 186 g/mol. The van der Waals surface area contributed by atoms with Gasteiger partial charge in [0.15, 0.2) is 0 Å². The average Bonchev–Trinajstić information content (AvgIpc) is 2.22. The lowest BCUT2D eigenvalue weighted by atomic mass is 9.76. The second-order valence-electron chi connectivity index (χ2n) is 5.08. The highest BCUT2D eigenvalue weighted by molar-refractivity contribution is 4.89. The minimum Gasteiger partial charge on any atom is -0.377 e. The molecule has 15 heavy (non-hydrogen) atoms. The van der Waals surface area contributed by atoms with E-state index in [1.54, 1.807) is 0 Å². The molecule has 2 fully saturated rings. The summed E-state index contributed by atoms with van der Waals surface area (Å²) in [5.41, 5.74) is 0. The molecule has 2 nitrogen and oxygen atoms in total. The van der Waals surface area contributed by atoms with Crippen LogP contribution in [0.25, 0.3) is 0 Å². The van der Waals surface area contributed by atoms with Crippen LogP contribution in [0.1, 0.15) is 51.9 Å². The molecule has 0 aromatic heterocycles. The highest BCUT2D eigenvalue weighted by Gasteiger charge is 2.33. The summed E-state index contributed by atoms with van der Waals surface area (Å²) in [6, 6.07) is 0.652. The van der Waals surface area contributed by atoms with E-state index in [4.69, 9.17) is 4.74 Å². The maximum Gasteiger partial charge on any atom is 0.0730 e. The first kappa shape index (κ1) is 11.4. The zero-order valence-corrected chi connectivity index (χ0v) is 10.0. The van der Waals surface area contributed by atoms with Gasteiger partial charge in [-0.1, -0.05) is 13.3 Å². The van der Waals surface area contributed by atoms with Gasteiger partial charge >= 0.3 is 0 Å². The summed E-state index contributed by atoms with van der Waals surface area (Å²) in [6.07, 6.45) is 9.91. The summed E-state index contributed by atoms with van der Waals surface area (Å²) in [4.78, 5) is 0. The van der Waals surface area contributed by atoms with Crippen LogP contribution in [-0.4, -0.2) is 25.3 Å². The number of hydrogen-bond acceptors (Lipinski definition) is 2. The van der Waals surface area contributed by atoms with E-state index in [9.17, 15) is 0 Å². The molecule has 0 amide bonds. The lowest BCUT2D eigenvalue weighted by molar-refractivity contribution is -0.0307. The van der Waals surface area contributed by atoms with E-state index in [0.29, 0.717) is 12.1 Å². The molecule has 0 radical (unpaired) electrons. The van der Waals surface area contributed by atoms with Gasteiger partial charge in [-0.05, 0) is 51.0 Å². The largest absolute Gasteiger partial charge is 0.377 e. The van der Waals surface area contributed by atoms with Crippen molar-refractivity contribution >= 4 is 0 Å². The summed E-state index contributed by atoms with van der Waals surface area (Å²) < 4.78 is 5.93. The van der Waals surface area contributed by atoms with Crippen LogP contribution < -0.4 is 5.32 Å². The van der Waals surface area contributed by atoms with E-state index in [1.807, 2.05) is 0 Å². The Balaban J connectivity index is 1.84. The zero-order chi connectivity index (χ0) is 10.5. The predicted molar refractivity (Wildman–Crippen MR) is 63.0 cm³/mol. The highest BCUT2D eigenvalue weighted by atomic mass is 16.5. The minimum absolute atomic E-state index is 0.510. The van der Waals surface area contributed by atoms with Crippen molar-refractivity contribution in [3.8, 4) is 0 Å². The molecule has 2 unspecified atom stereocenters. The van der Waals surface area contributed by atoms with E-state index in [2.05, 4.69) is 12.2 Å². The Morgan fingerprint density at radius 2 is 2.07 bits per heavy atom. The first-order chi connectivity index (χ1) is 7.42. The number of nitrogens with one attached hydrogen (secondary N) is 1. The fourth-order valence-corrected chi connectivity index (χ4v) is 2.76. The van der Waals surface area contributed by atoms with E-state index in [-0.39, 0.29) is 0 Å². The van der Waals surface area contributed by atoms with Crippen LogP contribution in [0, 0.1) is 5.92 Å². The third kappa shape index (κ3) is 2.94. The molecule has 1 saturated carbocycles. The Labute approximate surface area is 93.8 Å². The third-order valence-electron chi connectivity index (χ3n) is 3.90. The molecule has 1 saturated heterocycles. The third-order valence-corrected chi connectivity index (χ3v) is 3.90. The fourth-order valence-electron chi connectivity index (χ4n) is 2.76. The Bertz CT molecular complexity index is 173. The lowest BCUT2D eigenvalue weighted by Gasteiger charge is -2.40. The first-order valence-corrected chi connectivity index (χ1v) is 6.77. The lowest BCUT2D eigenvalue weighted by Crippen LogP contribution is -2.50. The van der Waals surface area contributed by atoms with Crippen molar-refractivity contribution in [1.29, 1.82) is 0 Å². The van der Waals surface area contributed by atoms with Crippen LogP contribution in [0.2, 0.25) is 0 Å². The van der Waals surface area contributed by atoms with Gasteiger partial charge in [0.05, 0.1) is 6.10 Å². The zero-order valence-electron chi connectivity index (χ0n) is 10.0. The van der Waals surface area contributed by atoms with Gasteiger partial charge in [-0.25, -0.2) is 0 Å². The molecule has 0 spiro atoms. The summed E-state index contributed by atoms with van der Waals surface area (Å²) in [6.45, 7) is 4.38. The highest BCUT2D eigenvalue weighted by Crippen LogP contribution is 2.33. The van der Waals surface area contributed by atoms with E-state index < -0.39 is 0 Å². The van der Waals surface area contributed by atoms with Crippen LogP contribution in [0.4, 0.5) is 0 Å². The molecule has 2 atom stereocenters. The number of ether oxygens (including phenoxy) is 1. The predicted octanol–water partition coefficient (Wildman–Crippen LogP) is 2.72. The monoisotopic (exact) mass is 211 g/mol. The molecule has 2 rings (SSSR count). The van der Waals surface area contributed by atoms with Crippen molar-refractivity contribution in [2.24, 2.45) is 5.92 Å². The summed E-state index contributed by atoms with van der Waals surface area (Å²) in [5.74, 6) is 0.902. The van der Waals surface area contributed by atoms with Gasteiger partial charge in [0.25, 0.3) is 0 Å². The van der Waals surface area contributed by atoms with E-state index in [1.165, 1.54) is 44.9 Å². The summed E-state index contributed by atoms with van der Waals surface area (Å²) >= 11 is 0. The smallest absolute Gasteiger partial charge is 0.0730 e. The van der Waals surface area contributed by atoms with Gasteiger partial charge < -0.3 is 10.1 Å². The average molecular weight is 211 g/mol. The topological polar surface area (TPSA) is 21.3 Å². The summed E-state index contributed by atoms with van der Waals surface area (Å²) in [5, 5.41) is 3.72. The minimum atomic E-state index is 0.510. The maximum absolute atomic E-state index is 5.93. The second kappa shape index (κ2) is 5.86. The van der Waals surface area contributed by atoms with Crippen molar-refractivity contribution in [2.45, 2.75) is 64.0 Å². The Kier molecular flexibility index (Phi) is 4.45. The number of hydrogen-bond donors (Lipinski definition) is 1. The van der Waals surface area contributed by atoms with Crippen molar-refractivity contribution < 1.29 is 4.74 Å². The van der Waals surface area contributed by atoms with Crippen molar-refractivity contribution in [3.63, 3.8) is 0 Å². The molecule has 1 heterocycles. The first-order valence-electron chi connectivity index (χ1n) is 6.77. The maximum atomic E-state index is 5.93. The molecule has 0 aromatic carbocycles. The van der Waals surface area contributed by atoms with Gasteiger partial charge in [0.2, 0.25) is 0 Å². The molecule has 2 aliphatic rings. The van der Waals surface area contributed by atoms with Gasteiger partial charge in [-0.2, -0.15) is 0 Å². The van der Waals surface area contributed by atoms with Gasteiger partial charge in [-0.3, -0.25) is 0 Å².